The summed E-state index contributed by atoms with van der Waals surface area (Å²) in [5.41, 5.74) is 2.31. The van der Waals surface area contributed by atoms with Gasteiger partial charge in [-0.25, -0.2) is 4.39 Å². The molecule has 104 valence electrons. The third-order valence-corrected chi connectivity index (χ3v) is 3.02. The second-order valence-electron chi connectivity index (χ2n) is 4.23. The molecule has 0 spiro atoms. The van der Waals surface area contributed by atoms with Crippen LogP contribution in [-0.4, -0.2) is 25.6 Å². The molecule has 1 aliphatic rings. The number of nitrogens with two attached hydrogens (primary N) is 1. The van der Waals surface area contributed by atoms with Gasteiger partial charge in [-0.2, -0.15) is 13.2 Å². The van der Waals surface area contributed by atoms with Gasteiger partial charge in [0.15, 0.2) is 5.54 Å². The molecule has 3 nitrogen and oxygen atoms in total. The topological polar surface area (TPSA) is 47.6 Å². The van der Waals surface area contributed by atoms with Crippen molar-refractivity contribution in [2.75, 3.05) is 18.9 Å². The van der Waals surface area contributed by atoms with Crippen molar-refractivity contribution in [1.29, 1.82) is 0 Å². The summed E-state index contributed by atoms with van der Waals surface area (Å²) in [5.74, 6) is -0.981. The lowest BCUT2D eigenvalue weighted by atomic mass is 9.86. The largest absolute Gasteiger partial charge is 0.417 e. The van der Waals surface area contributed by atoms with Crippen molar-refractivity contribution in [1.82, 2.24) is 0 Å². The number of nitrogen functional groups attached to an aromatic ring is 1. The van der Waals surface area contributed by atoms with Crippen LogP contribution in [0.15, 0.2) is 23.2 Å². The molecule has 0 aliphatic carbocycles. The second kappa shape index (κ2) is 4.80. The van der Waals surface area contributed by atoms with Crippen molar-refractivity contribution in [2.45, 2.75) is 18.1 Å². The van der Waals surface area contributed by atoms with Gasteiger partial charge in [-0.3, -0.25) is 4.99 Å². The second-order valence-corrected chi connectivity index (χ2v) is 4.23. The van der Waals surface area contributed by atoms with Crippen LogP contribution in [0, 0.1) is 5.82 Å². The molecule has 0 fully saturated rings. The first-order chi connectivity index (χ1) is 8.87. The van der Waals surface area contributed by atoms with Crippen LogP contribution >= 0.6 is 0 Å². The van der Waals surface area contributed by atoms with Crippen LogP contribution in [0.3, 0.4) is 0 Å². The molecule has 2 N–H and O–H groups in total. The highest BCUT2D eigenvalue weighted by Crippen LogP contribution is 2.46. The van der Waals surface area contributed by atoms with Gasteiger partial charge in [0.25, 0.3) is 0 Å². The van der Waals surface area contributed by atoms with E-state index >= 15 is 0 Å². The number of benzene rings is 1. The summed E-state index contributed by atoms with van der Waals surface area (Å²) in [6, 6.07) is 3.10. The summed E-state index contributed by atoms with van der Waals surface area (Å²) in [6.45, 7) is -0.185. The summed E-state index contributed by atoms with van der Waals surface area (Å²) >= 11 is 0. The number of hydrogen-bond donors (Lipinski definition) is 1. The van der Waals surface area contributed by atoms with E-state index in [0.29, 0.717) is 0 Å². The number of halogens is 4. The van der Waals surface area contributed by atoms with Gasteiger partial charge in [0.1, 0.15) is 5.82 Å². The van der Waals surface area contributed by atoms with Crippen molar-refractivity contribution >= 4 is 11.9 Å². The van der Waals surface area contributed by atoms with E-state index in [1.165, 1.54) is 6.07 Å². The Morgan fingerprint density at radius 3 is 2.74 bits per heavy atom. The lowest BCUT2D eigenvalue weighted by molar-refractivity contribution is -0.192. The molecule has 7 heteroatoms. The minimum Gasteiger partial charge on any atom is -0.399 e. The fourth-order valence-electron chi connectivity index (χ4n) is 2.05. The van der Waals surface area contributed by atoms with Gasteiger partial charge in [-0.05, 0) is 18.2 Å². The highest BCUT2D eigenvalue weighted by Gasteiger charge is 2.57. The van der Waals surface area contributed by atoms with E-state index < -0.39 is 29.5 Å². The quantitative estimate of drug-likeness (QED) is 0.633. The number of nitrogens with zero attached hydrogens (tertiary/aromatic N) is 1. The molecule has 0 saturated carbocycles. The van der Waals surface area contributed by atoms with Crippen LogP contribution in [-0.2, 0) is 10.3 Å². The summed E-state index contributed by atoms with van der Waals surface area (Å²) < 4.78 is 58.9. The van der Waals surface area contributed by atoms with Crippen LogP contribution in [0.1, 0.15) is 12.0 Å². The fourth-order valence-corrected chi connectivity index (χ4v) is 2.05. The van der Waals surface area contributed by atoms with Crippen LogP contribution in [0.25, 0.3) is 0 Å². The van der Waals surface area contributed by atoms with E-state index in [1.807, 2.05) is 0 Å². The van der Waals surface area contributed by atoms with Gasteiger partial charge in [0.2, 0.25) is 0 Å². The molecule has 1 aliphatic heterocycles. The van der Waals surface area contributed by atoms with Gasteiger partial charge in [0.05, 0.1) is 13.2 Å². The fraction of sp³-hybridized carbons (Fsp3) is 0.417. The number of ether oxygens (including phenoxy) is 1. The van der Waals surface area contributed by atoms with E-state index in [1.54, 1.807) is 0 Å². The van der Waals surface area contributed by atoms with Crippen LogP contribution < -0.4 is 5.73 Å². The first kappa shape index (κ1) is 13.8. The zero-order chi connectivity index (χ0) is 14.1. The van der Waals surface area contributed by atoms with E-state index in [9.17, 15) is 17.6 Å². The van der Waals surface area contributed by atoms with Crippen molar-refractivity contribution in [2.24, 2.45) is 4.99 Å². The lowest BCUT2D eigenvalue weighted by Gasteiger charge is -2.32. The minimum absolute atomic E-state index is 0.0260. The Hall–Kier alpha value is -1.63. The lowest BCUT2D eigenvalue weighted by Crippen LogP contribution is -2.42. The van der Waals surface area contributed by atoms with E-state index in [4.69, 9.17) is 10.5 Å². The normalized spacial score (nSPS) is 24.2. The molecule has 0 saturated heterocycles. The van der Waals surface area contributed by atoms with E-state index in [-0.39, 0.29) is 18.9 Å². The number of alkyl halides is 3. The van der Waals surface area contributed by atoms with Crippen molar-refractivity contribution < 1.29 is 22.3 Å². The maximum atomic E-state index is 13.8. The molecule has 1 atom stereocenters. The Labute approximate surface area is 107 Å². The number of hydrogen-bond acceptors (Lipinski definition) is 3. The smallest absolute Gasteiger partial charge is 0.399 e. The maximum Gasteiger partial charge on any atom is 0.417 e. The molecule has 1 aromatic carbocycles. The average Bonchev–Trinajstić information content (AvgIpc) is 2.58. The van der Waals surface area contributed by atoms with Gasteiger partial charge in [-0.1, -0.05) is 0 Å². The molecular weight excluding hydrogens is 264 g/mol. The number of aliphatic imine (C=N–C) groups is 1. The Balaban J connectivity index is 2.63. The van der Waals surface area contributed by atoms with E-state index in [0.717, 1.165) is 18.3 Å². The molecule has 1 heterocycles. The van der Waals surface area contributed by atoms with Gasteiger partial charge in [0, 0.05) is 23.9 Å². The molecule has 0 amide bonds. The summed E-state index contributed by atoms with van der Waals surface area (Å²) in [5, 5.41) is 0. The third kappa shape index (κ3) is 2.42. The summed E-state index contributed by atoms with van der Waals surface area (Å²) in [6.07, 6.45) is -4.19. The molecule has 1 unspecified atom stereocenters. The Morgan fingerprint density at radius 2 is 2.05 bits per heavy atom. The summed E-state index contributed by atoms with van der Waals surface area (Å²) in [7, 11) is 0. The van der Waals surface area contributed by atoms with Crippen molar-refractivity contribution in [3.63, 3.8) is 0 Å². The predicted molar refractivity (Wildman–Crippen MR) is 62.5 cm³/mol. The molecular formula is C12H12F4N2O. The third-order valence-electron chi connectivity index (χ3n) is 3.02. The molecule has 1 aromatic rings. The minimum atomic E-state index is -4.73. The highest BCUT2D eigenvalue weighted by atomic mass is 19.4. The first-order valence-electron chi connectivity index (χ1n) is 5.60. The Morgan fingerprint density at radius 1 is 1.32 bits per heavy atom. The number of anilines is 1. The molecule has 0 aromatic heterocycles. The number of rotatable bonds is 1. The SMILES string of the molecule is Nc1ccc(F)c(C2(C(F)(F)F)CCOCC=N2)c1. The molecule has 2 rings (SSSR count). The van der Waals surface area contributed by atoms with Crippen molar-refractivity contribution in [3.8, 4) is 0 Å². The molecule has 19 heavy (non-hydrogen) atoms. The maximum absolute atomic E-state index is 13.8. The monoisotopic (exact) mass is 276 g/mol. The standard InChI is InChI=1S/C12H12F4N2O/c13-10-2-1-8(17)7-9(10)11(12(14,15)16)3-5-19-6-4-18-11/h1-2,4,7H,3,5-6,17H2. The zero-order valence-corrected chi connectivity index (χ0v) is 9.88. The summed E-state index contributed by atoms with van der Waals surface area (Å²) in [4.78, 5) is 3.53. The van der Waals surface area contributed by atoms with Crippen LogP contribution in [0.2, 0.25) is 0 Å². The van der Waals surface area contributed by atoms with Gasteiger partial charge in [-0.15, -0.1) is 0 Å². The van der Waals surface area contributed by atoms with Gasteiger partial charge >= 0.3 is 6.18 Å². The van der Waals surface area contributed by atoms with Gasteiger partial charge < -0.3 is 10.5 Å². The Bertz CT molecular complexity index is 501. The zero-order valence-electron chi connectivity index (χ0n) is 9.88. The predicted octanol–water partition coefficient (Wildman–Crippen LogP) is 2.66. The van der Waals surface area contributed by atoms with Crippen LogP contribution in [0.4, 0.5) is 23.2 Å². The van der Waals surface area contributed by atoms with Crippen LogP contribution in [0.5, 0.6) is 0 Å². The molecule has 0 bridgehead atoms. The average molecular weight is 276 g/mol. The van der Waals surface area contributed by atoms with E-state index in [2.05, 4.69) is 4.99 Å². The van der Waals surface area contributed by atoms with Crippen molar-refractivity contribution in [3.05, 3.63) is 29.6 Å². The Kier molecular flexibility index (Phi) is 3.49. The first-order valence-corrected chi connectivity index (χ1v) is 5.60. The highest BCUT2D eigenvalue weighted by molar-refractivity contribution is 5.61. The molecule has 0 radical (unpaired) electrons.